The Bertz CT molecular complexity index is 373. The van der Waals surface area contributed by atoms with Crippen molar-refractivity contribution in [2.24, 2.45) is 5.92 Å². The molecule has 0 bridgehead atoms. The number of aryl methyl sites for hydroxylation is 2. The van der Waals surface area contributed by atoms with Gasteiger partial charge in [0.05, 0.1) is 7.11 Å². The van der Waals surface area contributed by atoms with E-state index in [-0.39, 0.29) is 5.92 Å². The molecule has 1 aliphatic rings. The Kier molecular flexibility index (Phi) is 2.51. The van der Waals surface area contributed by atoms with Crippen molar-refractivity contribution in [3.63, 3.8) is 0 Å². The second kappa shape index (κ2) is 3.69. The SMILES string of the molecule is COc1cc(C)c(C2CC2C=O)c(C)c1. The van der Waals surface area contributed by atoms with Gasteiger partial charge in [0.2, 0.25) is 0 Å². The zero-order valence-electron chi connectivity index (χ0n) is 9.41. The molecule has 0 spiro atoms. The molecule has 0 N–H and O–H groups in total. The first-order valence-corrected chi connectivity index (χ1v) is 5.27. The van der Waals surface area contributed by atoms with Gasteiger partial charge in [0.25, 0.3) is 0 Å². The van der Waals surface area contributed by atoms with Crippen LogP contribution in [0.15, 0.2) is 12.1 Å². The molecule has 0 amide bonds. The van der Waals surface area contributed by atoms with Gasteiger partial charge < -0.3 is 9.53 Å². The average molecular weight is 204 g/mol. The van der Waals surface area contributed by atoms with Crippen molar-refractivity contribution in [3.05, 3.63) is 28.8 Å². The van der Waals surface area contributed by atoms with Gasteiger partial charge in [-0.2, -0.15) is 0 Å². The first kappa shape index (κ1) is 10.2. The molecule has 0 radical (unpaired) electrons. The number of carbonyl (C=O) groups is 1. The number of aldehydes is 1. The Morgan fingerprint density at radius 2 is 1.93 bits per heavy atom. The summed E-state index contributed by atoms with van der Waals surface area (Å²) in [5.74, 6) is 1.60. The van der Waals surface area contributed by atoms with E-state index in [0.717, 1.165) is 18.5 Å². The minimum Gasteiger partial charge on any atom is -0.497 e. The van der Waals surface area contributed by atoms with Crippen LogP contribution in [0.4, 0.5) is 0 Å². The zero-order chi connectivity index (χ0) is 11.0. The summed E-state index contributed by atoms with van der Waals surface area (Å²) in [4.78, 5) is 10.7. The van der Waals surface area contributed by atoms with Crippen molar-refractivity contribution in [2.75, 3.05) is 7.11 Å². The van der Waals surface area contributed by atoms with Crippen LogP contribution in [0.5, 0.6) is 5.75 Å². The first-order chi connectivity index (χ1) is 7.17. The largest absolute Gasteiger partial charge is 0.497 e. The first-order valence-electron chi connectivity index (χ1n) is 5.27. The molecule has 80 valence electrons. The van der Waals surface area contributed by atoms with Crippen LogP contribution in [-0.2, 0) is 4.79 Å². The van der Waals surface area contributed by atoms with Gasteiger partial charge in [-0.1, -0.05) is 0 Å². The van der Waals surface area contributed by atoms with Crippen molar-refractivity contribution in [1.82, 2.24) is 0 Å². The topological polar surface area (TPSA) is 26.3 Å². The summed E-state index contributed by atoms with van der Waals surface area (Å²) in [6, 6.07) is 4.09. The Morgan fingerprint density at radius 1 is 1.33 bits per heavy atom. The molecule has 1 aromatic carbocycles. The average Bonchev–Trinajstić information content (AvgIpc) is 2.96. The Labute approximate surface area is 90.3 Å². The van der Waals surface area contributed by atoms with E-state index in [1.54, 1.807) is 7.11 Å². The molecule has 1 aromatic rings. The maximum absolute atomic E-state index is 10.7. The van der Waals surface area contributed by atoms with Gasteiger partial charge in [0.15, 0.2) is 0 Å². The van der Waals surface area contributed by atoms with Gasteiger partial charge in [-0.3, -0.25) is 0 Å². The summed E-state index contributed by atoms with van der Waals surface area (Å²) in [7, 11) is 1.68. The minimum atomic E-state index is 0.246. The van der Waals surface area contributed by atoms with E-state index in [4.69, 9.17) is 4.74 Å². The van der Waals surface area contributed by atoms with Gasteiger partial charge in [0.1, 0.15) is 12.0 Å². The quantitative estimate of drug-likeness (QED) is 0.707. The molecule has 1 saturated carbocycles. The lowest BCUT2D eigenvalue weighted by Gasteiger charge is -2.11. The summed E-state index contributed by atoms with van der Waals surface area (Å²) in [6.07, 6.45) is 2.09. The summed E-state index contributed by atoms with van der Waals surface area (Å²) < 4.78 is 5.21. The van der Waals surface area contributed by atoms with Crippen LogP contribution >= 0.6 is 0 Å². The van der Waals surface area contributed by atoms with Crippen LogP contribution in [0.25, 0.3) is 0 Å². The molecular weight excluding hydrogens is 188 g/mol. The van der Waals surface area contributed by atoms with Crippen LogP contribution in [0, 0.1) is 19.8 Å². The molecule has 1 aliphatic carbocycles. The summed E-state index contributed by atoms with van der Waals surface area (Å²) in [5.41, 5.74) is 3.82. The molecule has 2 atom stereocenters. The fraction of sp³-hybridized carbons (Fsp3) is 0.462. The Hall–Kier alpha value is -1.31. The highest BCUT2D eigenvalue weighted by Crippen LogP contribution is 2.48. The van der Waals surface area contributed by atoms with Crippen molar-refractivity contribution < 1.29 is 9.53 Å². The van der Waals surface area contributed by atoms with Crippen LogP contribution in [0.3, 0.4) is 0 Å². The molecule has 0 heterocycles. The second-order valence-electron chi connectivity index (χ2n) is 4.32. The Balaban J connectivity index is 2.36. The molecule has 2 rings (SSSR count). The van der Waals surface area contributed by atoms with E-state index in [9.17, 15) is 4.79 Å². The third-order valence-corrected chi connectivity index (χ3v) is 3.19. The molecule has 15 heavy (non-hydrogen) atoms. The number of benzene rings is 1. The van der Waals surface area contributed by atoms with Crippen molar-refractivity contribution in [3.8, 4) is 5.75 Å². The number of carbonyl (C=O) groups excluding carboxylic acids is 1. The maximum Gasteiger partial charge on any atom is 0.123 e. The van der Waals surface area contributed by atoms with Crippen molar-refractivity contribution in [1.29, 1.82) is 0 Å². The molecule has 2 unspecified atom stereocenters. The van der Waals surface area contributed by atoms with E-state index in [2.05, 4.69) is 13.8 Å². The number of ether oxygens (including phenoxy) is 1. The normalized spacial score (nSPS) is 23.7. The Morgan fingerprint density at radius 3 is 2.33 bits per heavy atom. The zero-order valence-corrected chi connectivity index (χ0v) is 9.41. The van der Waals surface area contributed by atoms with Crippen LogP contribution in [0.2, 0.25) is 0 Å². The lowest BCUT2D eigenvalue weighted by molar-refractivity contribution is -0.108. The number of hydrogen-bond donors (Lipinski definition) is 0. The fourth-order valence-corrected chi connectivity index (χ4v) is 2.33. The highest BCUT2D eigenvalue weighted by molar-refractivity contribution is 5.63. The summed E-state index contributed by atoms with van der Waals surface area (Å²) >= 11 is 0. The van der Waals surface area contributed by atoms with Gasteiger partial charge in [-0.05, 0) is 55.0 Å². The summed E-state index contributed by atoms with van der Waals surface area (Å²) in [5, 5.41) is 0. The standard InChI is InChI=1S/C13H16O2/c1-8-4-11(15-3)5-9(2)13(8)12-6-10(12)7-14/h4-5,7,10,12H,6H2,1-3H3. The van der Waals surface area contributed by atoms with Crippen LogP contribution in [-0.4, -0.2) is 13.4 Å². The minimum absolute atomic E-state index is 0.246. The smallest absolute Gasteiger partial charge is 0.123 e. The predicted molar refractivity (Wildman–Crippen MR) is 59.4 cm³/mol. The maximum atomic E-state index is 10.7. The highest BCUT2D eigenvalue weighted by atomic mass is 16.5. The van der Waals surface area contributed by atoms with Gasteiger partial charge in [-0.15, -0.1) is 0 Å². The molecule has 0 aromatic heterocycles. The summed E-state index contributed by atoms with van der Waals surface area (Å²) in [6.45, 7) is 4.18. The third-order valence-electron chi connectivity index (χ3n) is 3.19. The monoisotopic (exact) mass is 204 g/mol. The van der Waals surface area contributed by atoms with Gasteiger partial charge in [0, 0.05) is 5.92 Å². The third kappa shape index (κ3) is 1.76. The van der Waals surface area contributed by atoms with E-state index < -0.39 is 0 Å². The lowest BCUT2D eigenvalue weighted by atomic mass is 9.97. The molecule has 2 heteroatoms. The van der Waals surface area contributed by atoms with Crippen LogP contribution < -0.4 is 4.74 Å². The fourth-order valence-electron chi connectivity index (χ4n) is 2.33. The van der Waals surface area contributed by atoms with E-state index in [0.29, 0.717) is 5.92 Å². The van der Waals surface area contributed by atoms with Gasteiger partial charge >= 0.3 is 0 Å². The molecule has 1 fully saturated rings. The second-order valence-corrected chi connectivity index (χ2v) is 4.32. The van der Waals surface area contributed by atoms with E-state index in [1.807, 2.05) is 12.1 Å². The number of hydrogen-bond acceptors (Lipinski definition) is 2. The molecule has 0 aliphatic heterocycles. The molecular formula is C13H16O2. The van der Waals surface area contributed by atoms with E-state index in [1.165, 1.54) is 16.7 Å². The lowest BCUT2D eigenvalue weighted by Crippen LogP contribution is -1.95. The highest BCUT2D eigenvalue weighted by Gasteiger charge is 2.39. The number of rotatable bonds is 3. The molecule has 0 saturated heterocycles. The van der Waals surface area contributed by atoms with E-state index >= 15 is 0 Å². The van der Waals surface area contributed by atoms with Crippen molar-refractivity contribution in [2.45, 2.75) is 26.2 Å². The van der Waals surface area contributed by atoms with Crippen LogP contribution in [0.1, 0.15) is 29.0 Å². The number of methoxy groups -OCH3 is 1. The van der Waals surface area contributed by atoms with Gasteiger partial charge in [-0.25, -0.2) is 0 Å². The van der Waals surface area contributed by atoms with Crippen molar-refractivity contribution >= 4 is 6.29 Å². The predicted octanol–water partition coefficient (Wildman–Crippen LogP) is 2.61. The molecule has 2 nitrogen and oxygen atoms in total.